The van der Waals surface area contributed by atoms with E-state index in [0.717, 1.165) is 43.1 Å². The van der Waals surface area contributed by atoms with Crippen LogP contribution in [0.3, 0.4) is 0 Å². The Morgan fingerprint density at radius 2 is 1.89 bits per heavy atom. The number of nitrogens with zero attached hydrogens (tertiary/aromatic N) is 4. The number of likely N-dealkylation sites (tertiary alicyclic amines) is 1. The zero-order valence-corrected chi connectivity index (χ0v) is 29.7. The van der Waals surface area contributed by atoms with Crippen molar-refractivity contribution in [1.82, 2.24) is 14.8 Å². The molecule has 1 saturated heterocycles. The van der Waals surface area contributed by atoms with Crippen molar-refractivity contribution in [3.63, 3.8) is 0 Å². The van der Waals surface area contributed by atoms with Crippen molar-refractivity contribution in [1.29, 1.82) is 0 Å². The molecule has 6 nitrogen and oxygen atoms in total. The molecule has 5 rings (SSSR count). The molecule has 1 aromatic heterocycles. The molecule has 1 atom stereocenters. The molecule has 3 heterocycles. The molecule has 248 valence electrons. The molecule has 6 heteroatoms. The number of nitrogens with one attached hydrogen (secondary N) is 2. The maximum atomic E-state index is 4.98. The summed E-state index contributed by atoms with van der Waals surface area (Å²) < 4.78 is 0. The minimum atomic E-state index is -0.388. The lowest BCUT2D eigenvalue weighted by atomic mass is 9.83. The number of pyridine rings is 1. The standard InChI is InChI=1S/C41H54N6/c1-9-31(28-47-17-12-11-13-18-47)22-32(10-2)33-15-14-30(4)36(24-33)40(42-6)41(5)25-37-38(26-43-27-39(37)45-41)34-20-29(3)21-35(23-34)44-16-19-46(7)8/h9-10,14-15,20-24,26-27,44-45H,1,11-13,16-19,25,28H2,2-8H3/b31-22+,32-10+,42-40+. The summed E-state index contributed by atoms with van der Waals surface area (Å²) in [6.07, 6.45) is 15.3. The van der Waals surface area contributed by atoms with E-state index in [9.17, 15) is 0 Å². The minimum Gasteiger partial charge on any atom is -0.384 e. The van der Waals surface area contributed by atoms with E-state index in [1.807, 2.05) is 25.5 Å². The van der Waals surface area contributed by atoms with Crippen LogP contribution in [0.5, 0.6) is 0 Å². The molecule has 3 aromatic rings. The van der Waals surface area contributed by atoms with Gasteiger partial charge < -0.3 is 15.5 Å². The second-order valence-electron chi connectivity index (χ2n) is 13.8. The van der Waals surface area contributed by atoms with Gasteiger partial charge in [-0.1, -0.05) is 49.4 Å². The molecular weight excluding hydrogens is 576 g/mol. The SMILES string of the molecule is C=C/C(=C\C(=C/C)c1ccc(C)c(/C(=N\C)C2(C)Cc3c(cncc3-c3cc(C)cc(NCCN(C)C)c3)N2)c1)CN1CCCCC1. The van der Waals surface area contributed by atoms with Crippen molar-refractivity contribution in [2.45, 2.75) is 58.9 Å². The largest absolute Gasteiger partial charge is 0.384 e. The predicted molar refractivity (Wildman–Crippen MR) is 203 cm³/mol. The van der Waals surface area contributed by atoms with E-state index in [-0.39, 0.29) is 5.54 Å². The third kappa shape index (κ3) is 8.11. The summed E-state index contributed by atoms with van der Waals surface area (Å²) in [6, 6.07) is 13.5. The first-order valence-electron chi connectivity index (χ1n) is 17.2. The van der Waals surface area contributed by atoms with Crippen LogP contribution in [-0.4, -0.2) is 79.9 Å². The number of rotatable bonds is 12. The van der Waals surface area contributed by atoms with Gasteiger partial charge in [0.25, 0.3) is 0 Å². The molecule has 2 aliphatic rings. The lowest BCUT2D eigenvalue weighted by Gasteiger charge is -2.29. The lowest BCUT2D eigenvalue weighted by molar-refractivity contribution is 0.248. The number of hydrogen-bond acceptors (Lipinski definition) is 6. The van der Waals surface area contributed by atoms with Crippen molar-refractivity contribution in [2.24, 2.45) is 4.99 Å². The monoisotopic (exact) mass is 630 g/mol. The summed E-state index contributed by atoms with van der Waals surface area (Å²) in [4.78, 5) is 14.4. The van der Waals surface area contributed by atoms with Crippen molar-refractivity contribution in [3.05, 3.63) is 107 Å². The fourth-order valence-corrected chi connectivity index (χ4v) is 7.14. The molecular formula is C41H54N6. The van der Waals surface area contributed by atoms with Crippen LogP contribution < -0.4 is 10.6 Å². The first-order valence-corrected chi connectivity index (χ1v) is 17.2. The van der Waals surface area contributed by atoms with Gasteiger partial charge in [0.1, 0.15) is 0 Å². The molecule has 1 fully saturated rings. The Balaban J connectivity index is 1.43. The lowest BCUT2D eigenvalue weighted by Crippen LogP contribution is -2.42. The zero-order valence-electron chi connectivity index (χ0n) is 29.7. The third-order valence-corrected chi connectivity index (χ3v) is 9.62. The van der Waals surface area contributed by atoms with Gasteiger partial charge in [-0.3, -0.25) is 14.9 Å². The van der Waals surface area contributed by atoms with Gasteiger partial charge in [-0.25, -0.2) is 0 Å². The van der Waals surface area contributed by atoms with E-state index in [2.05, 4.69) is 122 Å². The highest BCUT2D eigenvalue weighted by molar-refractivity contribution is 6.11. The zero-order chi connectivity index (χ0) is 33.6. The van der Waals surface area contributed by atoms with E-state index in [1.54, 1.807) is 0 Å². The second kappa shape index (κ2) is 15.3. The average molecular weight is 631 g/mol. The smallest absolute Gasteiger partial charge is 0.0811 e. The van der Waals surface area contributed by atoms with Gasteiger partial charge in [-0.05, 0) is 125 Å². The maximum Gasteiger partial charge on any atom is 0.0811 e. The molecule has 0 saturated carbocycles. The first kappa shape index (κ1) is 34.3. The topological polar surface area (TPSA) is 55.8 Å². The van der Waals surface area contributed by atoms with E-state index >= 15 is 0 Å². The molecule has 2 aromatic carbocycles. The second-order valence-corrected chi connectivity index (χ2v) is 13.8. The van der Waals surface area contributed by atoms with Crippen LogP contribution in [0.2, 0.25) is 0 Å². The maximum absolute atomic E-state index is 4.98. The summed E-state index contributed by atoms with van der Waals surface area (Å²) in [5, 5.41) is 7.47. The van der Waals surface area contributed by atoms with E-state index in [1.165, 1.54) is 82.4 Å². The van der Waals surface area contributed by atoms with Crippen LogP contribution in [0.25, 0.3) is 16.7 Å². The number of hydrogen-bond donors (Lipinski definition) is 2. The van der Waals surface area contributed by atoms with E-state index in [4.69, 9.17) is 4.99 Å². The van der Waals surface area contributed by atoms with Crippen LogP contribution in [-0.2, 0) is 6.42 Å². The first-order chi connectivity index (χ1) is 22.6. The van der Waals surface area contributed by atoms with Gasteiger partial charge in [-0.15, -0.1) is 0 Å². The Bertz CT molecular complexity index is 1670. The van der Waals surface area contributed by atoms with Crippen molar-refractivity contribution in [3.8, 4) is 11.1 Å². The Labute approximate surface area is 283 Å². The number of piperidine rings is 1. The fraction of sp³-hybridized carbons (Fsp3) is 0.415. The Kier molecular flexibility index (Phi) is 11.2. The highest BCUT2D eigenvalue weighted by Crippen LogP contribution is 2.41. The molecule has 0 aliphatic carbocycles. The third-order valence-electron chi connectivity index (χ3n) is 9.62. The van der Waals surface area contributed by atoms with Crippen molar-refractivity contribution in [2.75, 3.05) is 64.5 Å². The summed E-state index contributed by atoms with van der Waals surface area (Å²) in [5.41, 5.74) is 13.8. The van der Waals surface area contributed by atoms with Crippen molar-refractivity contribution < 1.29 is 0 Å². The number of aryl methyl sites for hydroxylation is 2. The summed E-state index contributed by atoms with van der Waals surface area (Å²) in [5.74, 6) is 0. The van der Waals surface area contributed by atoms with Gasteiger partial charge >= 0.3 is 0 Å². The van der Waals surface area contributed by atoms with Crippen LogP contribution in [0.4, 0.5) is 11.4 Å². The molecule has 0 spiro atoms. The number of likely N-dealkylation sites (N-methyl/N-ethyl adjacent to an activating group) is 1. The van der Waals surface area contributed by atoms with Gasteiger partial charge in [0.05, 0.1) is 23.1 Å². The Hall–Kier alpha value is -4.00. The summed E-state index contributed by atoms with van der Waals surface area (Å²) in [7, 11) is 6.13. The Morgan fingerprint density at radius 1 is 1.11 bits per heavy atom. The van der Waals surface area contributed by atoms with Crippen LogP contribution in [0.15, 0.2) is 84.2 Å². The fourth-order valence-electron chi connectivity index (χ4n) is 7.14. The number of allylic oxidation sites excluding steroid dienone is 3. The highest BCUT2D eigenvalue weighted by Gasteiger charge is 2.39. The Morgan fingerprint density at radius 3 is 2.60 bits per heavy atom. The summed E-state index contributed by atoms with van der Waals surface area (Å²) >= 11 is 0. The molecule has 0 bridgehead atoms. The quantitative estimate of drug-likeness (QED) is 0.156. The number of fused-ring (bicyclic) bond motifs is 1. The molecule has 0 radical (unpaired) electrons. The molecule has 0 amide bonds. The van der Waals surface area contributed by atoms with Gasteiger partial charge in [0, 0.05) is 56.1 Å². The van der Waals surface area contributed by atoms with Gasteiger partial charge in [0.2, 0.25) is 0 Å². The van der Waals surface area contributed by atoms with Gasteiger partial charge in [0.15, 0.2) is 0 Å². The molecule has 1 unspecified atom stereocenters. The minimum absolute atomic E-state index is 0.388. The normalized spacial score (nSPS) is 19.1. The van der Waals surface area contributed by atoms with E-state index in [0.29, 0.717) is 0 Å². The highest BCUT2D eigenvalue weighted by atomic mass is 15.1. The molecule has 2 aliphatic heterocycles. The predicted octanol–water partition coefficient (Wildman–Crippen LogP) is 8.19. The number of benzene rings is 2. The molecule has 2 N–H and O–H groups in total. The average Bonchev–Trinajstić information content (AvgIpc) is 3.41. The van der Waals surface area contributed by atoms with Crippen molar-refractivity contribution >= 4 is 22.7 Å². The number of aliphatic imine (C=N–C) groups is 1. The van der Waals surface area contributed by atoms with Crippen LogP contribution in [0.1, 0.15) is 60.9 Å². The summed E-state index contributed by atoms with van der Waals surface area (Å²) in [6.45, 7) is 18.1. The molecule has 47 heavy (non-hydrogen) atoms. The van der Waals surface area contributed by atoms with Crippen LogP contribution in [0, 0.1) is 13.8 Å². The number of anilines is 2. The van der Waals surface area contributed by atoms with E-state index < -0.39 is 0 Å². The van der Waals surface area contributed by atoms with Crippen LogP contribution >= 0.6 is 0 Å². The van der Waals surface area contributed by atoms with Gasteiger partial charge in [-0.2, -0.15) is 0 Å². The number of aromatic nitrogens is 1.